The molecular formula is C15H19ClO4. The minimum Gasteiger partial charge on any atom is -0.497 e. The normalized spacial score (nSPS) is 24.1. The molecule has 2 N–H and O–H groups in total. The number of carbonyl (C=O) groups is 1. The second kappa shape index (κ2) is 6.46. The molecule has 0 heterocycles. The van der Waals surface area contributed by atoms with Gasteiger partial charge in [0.05, 0.1) is 24.2 Å². The molecule has 5 heteroatoms. The zero-order chi connectivity index (χ0) is 14.7. The predicted molar refractivity (Wildman–Crippen MR) is 76.0 cm³/mol. The summed E-state index contributed by atoms with van der Waals surface area (Å²) >= 11 is 6.16. The molecule has 1 aromatic carbocycles. The van der Waals surface area contributed by atoms with E-state index in [0.29, 0.717) is 29.2 Å². The first-order chi connectivity index (χ1) is 9.54. The second-order valence-corrected chi connectivity index (χ2v) is 5.63. The molecule has 20 heavy (non-hydrogen) atoms. The number of ether oxygens (including phenoxy) is 1. The molecule has 1 fully saturated rings. The van der Waals surface area contributed by atoms with Gasteiger partial charge in [0.2, 0.25) is 0 Å². The van der Waals surface area contributed by atoms with Crippen molar-refractivity contribution in [3.05, 3.63) is 28.8 Å². The molecule has 0 radical (unpaired) electrons. The maximum absolute atomic E-state index is 11.3. The topological polar surface area (TPSA) is 66.8 Å². The highest BCUT2D eigenvalue weighted by molar-refractivity contribution is 6.31. The first kappa shape index (κ1) is 15.1. The lowest BCUT2D eigenvalue weighted by Gasteiger charge is -2.32. The Hall–Kier alpha value is -1.26. The van der Waals surface area contributed by atoms with Crippen LogP contribution in [0.2, 0.25) is 5.02 Å². The molecule has 1 aliphatic carbocycles. The van der Waals surface area contributed by atoms with Crippen molar-refractivity contribution in [2.45, 2.75) is 31.8 Å². The van der Waals surface area contributed by atoms with Crippen molar-refractivity contribution in [2.24, 2.45) is 11.8 Å². The van der Waals surface area contributed by atoms with Crippen LogP contribution in [-0.4, -0.2) is 23.3 Å². The van der Waals surface area contributed by atoms with Crippen LogP contribution in [0.4, 0.5) is 0 Å². The third-order valence-corrected chi connectivity index (χ3v) is 4.40. The van der Waals surface area contributed by atoms with Gasteiger partial charge < -0.3 is 14.9 Å². The van der Waals surface area contributed by atoms with Crippen molar-refractivity contribution in [1.82, 2.24) is 0 Å². The van der Waals surface area contributed by atoms with E-state index in [1.807, 2.05) is 0 Å². The summed E-state index contributed by atoms with van der Waals surface area (Å²) in [6.07, 6.45) is 2.32. The highest BCUT2D eigenvalue weighted by Crippen LogP contribution is 2.41. The number of hydrogen-bond acceptors (Lipinski definition) is 3. The fourth-order valence-corrected chi connectivity index (χ4v) is 3.23. The summed E-state index contributed by atoms with van der Waals surface area (Å²) in [7, 11) is 1.54. The van der Waals surface area contributed by atoms with Gasteiger partial charge >= 0.3 is 5.97 Å². The Morgan fingerprint density at radius 2 is 2.10 bits per heavy atom. The number of carboxylic acid groups (broad SMARTS) is 1. The van der Waals surface area contributed by atoms with Gasteiger partial charge in [-0.3, -0.25) is 4.79 Å². The van der Waals surface area contributed by atoms with Gasteiger partial charge in [-0.2, -0.15) is 0 Å². The number of carboxylic acids is 1. The van der Waals surface area contributed by atoms with E-state index in [0.717, 1.165) is 12.8 Å². The van der Waals surface area contributed by atoms with Crippen LogP contribution in [0.5, 0.6) is 5.75 Å². The van der Waals surface area contributed by atoms with Gasteiger partial charge in [0.15, 0.2) is 0 Å². The zero-order valence-electron chi connectivity index (χ0n) is 11.4. The molecule has 4 nitrogen and oxygen atoms in total. The van der Waals surface area contributed by atoms with Crippen LogP contribution in [-0.2, 0) is 4.79 Å². The SMILES string of the molecule is COc1ccc(C(O)C2CCCCC2C(=O)O)c(Cl)c1. The fraction of sp³-hybridized carbons (Fsp3) is 0.533. The number of aliphatic hydroxyl groups excluding tert-OH is 1. The van der Waals surface area contributed by atoms with E-state index in [1.165, 1.54) is 0 Å². The van der Waals surface area contributed by atoms with Gasteiger partial charge in [-0.05, 0) is 30.5 Å². The molecule has 110 valence electrons. The highest BCUT2D eigenvalue weighted by Gasteiger charge is 2.36. The van der Waals surface area contributed by atoms with E-state index in [-0.39, 0.29) is 5.92 Å². The van der Waals surface area contributed by atoms with Crippen LogP contribution in [0.3, 0.4) is 0 Å². The van der Waals surface area contributed by atoms with E-state index in [2.05, 4.69) is 0 Å². The summed E-state index contributed by atoms with van der Waals surface area (Å²) in [6, 6.07) is 5.07. The van der Waals surface area contributed by atoms with Gasteiger partial charge in [0, 0.05) is 5.92 Å². The monoisotopic (exact) mass is 298 g/mol. The minimum atomic E-state index is -0.852. The number of methoxy groups -OCH3 is 1. The van der Waals surface area contributed by atoms with Crippen molar-refractivity contribution in [3.63, 3.8) is 0 Å². The predicted octanol–water partition coefficient (Wildman–Crippen LogP) is 3.27. The maximum atomic E-state index is 11.3. The zero-order valence-corrected chi connectivity index (χ0v) is 12.1. The average molecular weight is 299 g/mol. The first-order valence-electron chi connectivity index (χ1n) is 6.79. The Bertz CT molecular complexity index is 489. The summed E-state index contributed by atoms with van der Waals surface area (Å²) < 4.78 is 5.07. The summed E-state index contributed by atoms with van der Waals surface area (Å²) in [5.41, 5.74) is 0.575. The van der Waals surface area contributed by atoms with Crippen LogP contribution >= 0.6 is 11.6 Å². The van der Waals surface area contributed by atoms with Gasteiger partial charge in [-0.1, -0.05) is 30.5 Å². The number of aliphatic carboxylic acids is 1. The Morgan fingerprint density at radius 3 is 2.70 bits per heavy atom. The Morgan fingerprint density at radius 1 is 1.40 bits per heavy atom. The quantitative estimate of drug-likeness (QED) is 0.895. The second-order valence-electron chi connectivity index (χ2n) is 5.23. The van der Waals surface area contributed by atoms with Gasteiger partial charge in [0.25, 0.3) is 0 Å². The van der Waals surface area contributed by atoms with Gasteiger partial charge in [-0.15, -0.1) is 0 Å². The van der Waals surface area contributed by atoms with Gasteiger partial charge in [0.1, 0.15) is 5.75 Å². The average Bonchev–Trinajstić information content (AvgIpc) is 2.46. The number of hydrogen-bond donors (Lipinski definition) is 2. The Labute approximate surface area is 123 Å². The molecule has 0 aliphatic heterocycles. The smallest absolute Gasteiger partial charge is 0.306 e. The summed E-state index contributed by atoms with van der Waals surface area (Å²) in [6.45, 7) is 0. The number of halogens is 1. The third-order valence-electron chi connectivity index (χ3n) is 4.07. The summed E-state index contributed by atoms with van der Waals surface area (Å²) in [4.78, 5) is 11.3. The number of rotatable bonds is 4. The van der Waals surface area contributed by atoms with Crippen LogP contribution in [0.1, 0.15) is 37.4 Å². The van der Waals surface area contributed by atoms with Crippen molar-refractivity contribution in [1.29, 1.82) is 0 Å². The largest absolute Gasteiger partial charge is 0.497 e. The van der Waals surface area contributed by atoms with Crippen molar-refractivity contribution in [3.8, 4) is 5.75 Å². The lowest BCUT2D eigenvalue weighted by molar-refractivity contribution is -0.147. The Balaban J connectivity index is 2.24. The van der Waals surface area contributed by atoms with E-state index >= 15 is 0 Å². The highest BCUT2D eigenvalue weighted by atomic mass is 35.5. The lowest BCUT2D eigenvalue weighted by atomic mass is 9.74. The summed E-state index contributed by atoms with van der Waals surface area (Å²) in [5, 5.41) is 20.2. The van der Waals surface area contributed by atoms with Crippen LogP contribution in [0.25, 0.3) is 0 Å². The van der Waals surface area contributed by atoms with Gasteiger partial charge in [-0.25, -0.2) is 0 Å². The molecule has 2 rings (SSSR count). The van der Waals surface area contributed by atoms with E-state index < -0.39 is 18.0 Å². The van der Waals surface area contributed by atoms with Crippen LogP contribution in [0.15, 0.2) is 18.2 Å². The summed E-state index contributed by atoms with van der Waals surface area (Å²) in [5.74, 6) is -1.01. The van der Waals surface area contributed by atoms with E-state index in [9.17, 15) is 15.0 Å². The van der Waals surface area contributed by atoms with Crippen LogP contribution in [0, 0.1) is 11.8 Å². The lowest BCUT2D eigenvalue weighted by Crippen LogP contribution is -2.31. The third kappa shape index (κ3) is 3.07. The standard InChI is InChI=1S/C15H19ClO4/c1-20-9-6-7-12(13(16)8-9)14(17)10-4-2-3-5-11(10)15(18)19/h6-8,10-11,14,17H,2-5H2,1H3,(H,18,19). The van der Waals surface area contributed by atoms with E-state index in [1.54, 1.807) is 25.3 Å². The first-order valence-corrected chi connectivity index (χ1v) is 7.16. The van der Waals surface area contributed by atoms with Crippen molar-refractivity contribution < 1.29 is 19.7 Å². The van der Waals surface area contributed by atoms with Crippen LogP contribution < -0.4 is 4.74 Å². The molecule has 0 spiro atoms. The molecule has 3 atom stereocenters. The van der Waals surface area contributed by atoms with Crippen molar-refractivity contribution in [2.75, 3.05) is 7.11 Å². The van der Waals surface area contributed by atoms with Crippen molar-refractivity contribution >= 4 is 17.6 Å². The molecule has 0 aromatic heterocycles. The molecule has 0 saturated heterocycles. The molecule has 3 unspecified atom stereocenters. The molecule has 1 aliphatic rings. The molecule has 0 bridgehead atoms. The number of aliphatic hydroxyl groups is 1. The fourth-order valence-electron chi connectivity index (χ4n) is 2.95. The Kier molecular flexibility index (Phi) is 4.89. The molecule has 1 aromatic rings. The van der Waals surface area contributed by atoms with E-state index in [4.69, 9.17) is 16.3 Å². The molecule has 0 amide bonds. The molecule has 1 saturated carbocycles. The minimum absolute atomic E-state index is 0.285. The maximum Gasteiger partial charge on any atom is 0.306 e. The number of benzene rings is 1. The molecular weight excluding hydrogens is 280 g/mol.